The summed E-state index contributed by atoms with van der Waals surface area (Å²) in [4.78, 5) is 23.1. The van der Waals surface area contributed by atoms with Crippen molar-refractivity contribution in [2.24, 2.45) is 13.0 Å². The summed E-state index contributed by atoms with van der Waals surface area (Å²) in [6.45, 7) is 5.22. The van der Waals surface area contributed by atoms with Gasteiger partial charge in [0.25, 0.3) is 0 Å². The zero-order chi connectivity index (χ0) is 19.5. The minimum Gasteiger partial charge on any atom is -0.321 e. The number of carbonyl (C=O) groups excluding carboxylic acids is 1. The SMILES string of the molecule is CCC(=O)CN1CCCC(Cn2ncc3cnc(Nc4cnn(C)c4)nc32)C1. The van der Waals surface area contributed by atoms with Gasteiger partial charge >= 0.3 is 0 Å². The molecule has 9 nitrogen and oxygen atoms in total. The van der Waals surface area contributed by atoms with Gasteiger partial charge in [0.1, 0.15) is 5.78 Å². The molecule has 0 amide bonds. The molecule has 3 aromatic heterocycles. The fourth-order valence-electron chi connectivity index (χ4n) is 3.72. The highest BCUT2D eigenvalue weighted by molar-refractivity contribution is 5.80. The maximum Gasteiger partial charge on any atom is 0.229 e. The number of anilines is 2. The Morgan fingerprint density at radius 2 is 2.18 bits per heavy atom. The van der Waals surface area contributed by atoms with Crippen molar-refractivity contribution >= 4 is 28.5 Å². The van der Waals surface area contributed by atoms with Crippen molar-refractivity contribution in [3.05, 3.63) is 24.8 Å². The molecule has 0 saturated carbocycles. The van der Waals surface area contributed by atoms with Crippen molar-refractivity contribution in [2.45, 2.75) is 32.7 Å². The average molecular weight is 382 g/mol. The molecule has 148 valence electrons. The molecule has 3 aromatic rings. The lowest BCUT2D eigenvalue weighted by molar-refractivity contribution is -0.120. The first-order valence-electron chi connectivity index (χ1n) is 9.79. The Morgan fingerprint density at radius 1 is 1.29 bits per heavy atom. The Hall–Kier alpha value is -2.81. The number of hydrogen-bond acceptors (Lipinski definition) is 7. The lowest BCUT2D eigenvalue weighted by Crippen LogP contribution is -2.40. The summed E-state index contributed by atoms with van der Waals surface area (Å²) in [5, 5.41) is 12.8. The number of likely N-dealkylation sites (tertiary alicyclic amines) is 1. The van der Waals surface area contributed by atoms with Gasteiger partial charge in [-0.25, -0.2) is 9.67 Å². The normalized spacial score (nSPS) is 17.9. The lowest BCUT2D eigenvalue weighted by atomic mass is 9.97. The smallest absolute Gasteiger partial charge is 0.229 e. The zero-order valence-electron chi connectivity index (χ0n) is 16.4. The number of carbonyl (C=O) groups is 1. The number of nitrogens with zero attached hydrogens (tertiary/aromatic N) is 7. The van der Waals surface area contributed by atoms with E-state index in [1.807, 2.05) is 31.0 Å². The molecule has 1 saturated heterocycles. The largest absolute Gasteiger partial charge is 0.321 e. The van der Waals surface area contributed by atoms with E-state index < -0.39 is 0 Å². The summed E-state index contributed by atoms with van der Waals surface area (Å²) in [6, 6.07) is 0. The number of nitrogens with one attached hydrogen (secondary N) is 1. The summed E-state index contributed by atoms with van der Waals surface area (Å²) in [7, 11) is 1.87. The third kappa shape index (κ3) is 4.19. The number of aromatic nitrogens is 6. The summed E-state index contributed by atoms with van der Waals surface area (Å²) in [5.41, 5.74) is 1.67. The van der Waals surface area contributed by atoms with E-state index in [0.29, 0.717) is 30.6 Å². The van der Waals surface area contributed by atoms with E-state index in [4.69, 9.17) is 0 Å². The number of hydrogen-bond donors (Lipinski definition) is 1. The fraction of sp³-hybridized carbons (Fsp3) is 0.526. The van der Waals surface area contributed by atoms with Gasteiger partial charge in [0.05, 0.1) is 30.0 Å². The minimum absolute atomic E-state index is 0.309. The average Bonchev–Trinajstić information content (AvgIpc) is 3.28. The number of aryl methyl sites for hydroxylation is 1. The molecule has 0 radical (unpaired) electrons. The van der Waals surface area contributed by atoms with Crippen molar-refractivity contribution in [1.82, 2.24) is 34.4 Å². The van der Waals surface area contributed by atoms with Crippen molar-refractivity contribution in [3.63, 3.8) is 0 Å². The summed E-state index contributed by atoms with van der Waals surface area (Å²) in [6.07, 6.45) is 10.1. The van der Waals surface area contributed by atoms with Gasteiger partial charge < -0.3 is 5.32 Å². The van der Waals surface area contributed by atoms with E-state index >= 15 is 0 Å². The zero-order valence-corrected chi connectivity index (χ0v) is 16.4. The molecule has 4 heterocycles. The Bertz CT molecular complexity index is 962. The highest BCUT2D eigenvalue weighted by atomic mass is 16.1. The first-order chi connectivity index (χ1) is 13.6. The second-order valence-electron chi connectivity index (χ2n) is 7.46. The Labute approximate surface area is 163 Å². The molecule has 1 fully saturated rings. The van der Waals surface area contributed by atoms with E-state index in [1.165, 1.54) is 0 Å². The second kappa shape index (κ2) is 8.05. The van der Waals surface area contributed by atoms with E-state index in [2.05, 4.69) is 30.4 Å². The van der Waals surface area contributed by atoms with E-state index in [1.54, 1.807) is 17.1 Å². The van der Waals surface area contributed by atoms with E-state index in [9.17, 15) is 4.79 Å². The quantitative estimate of drug-likeness (QED) is 0.668. The molecule has 0 bridgehead atoms. The Kier molecular flexibility index (Phi) is 5.34. The predicted molar refractivity (Wildman–Crippen MR) is 106 cm³/mol. The maximum atomic E-state index is 11.8. The molecule has 0 aliphatic carbocycles. The molecule has 1 aliphatic heterocycles. The van der Waals surface area contributed by atoms with Crippen LogP contribution in [0.15, 0.2) is 24.8 Å². The van der Waals surface area contributed by atoms with Crippen LogP contribution in [0.5, 0.6) is 0 Å². The summed E-state index contributed by atoms with van der Waals surface area (Å²) in [5.74, 6) is 1.30. The van der Waals surface area contributed by atoms with Crippen LogP contribution in [0.3, 0.4) is 0 Å². The molecule has 28 heavy (non-hydrogen) atoms. The Balaban J connectivity index is 1.47. The van der Waals surface area contributed by atoms with Crippen LogP contribution in [0.4, 0.5) is 11.6 Å². The number of rotatable bonds is 7. The number of piperidine rings is 1. The van der Waals surface area contributed by atoms with Gasteiger partial charge in [0, 0.05) is 39.0 Å². The van der Waals surface area contributed by atoms with Crippen LogP contribution in [0.2, 0.25) is 0 Å². The predicted octanol–water partition coefficient (Wildman–Crippen LogP) is 1.99. The van der Waals surface area contributed by atoms with Crippen molar-refractivity contribution in [1.29, 1.82) is 0 Å². The Morgan fingerprint density at radius 3 is 2.96 bits per heavy atom. The van der Waals surface area contributed by atoms with Crippen LogP contribution in [-0.2, 0) is 18.4 Å². The van der Waals surface area contributed by atoms with Gasteiger partial charge in [0.2, 0.25) is 5.95 Å². The van der Waals surface area contributed by atoms with Crippen molar-refractivity contribution in [3.8, 4) is 0 Å². The highest BCUT2D eigenvalue weighted by Crippen LogP contribution is 2.21. The van der Waals surface area contributed by atoms with Crippen molar-refractivity contribution < 1.29 is 4.79 Å². The van der Waals surface area contributed by atoms with Gasteiger partial charge in [-0.2, -0.15) is 15.2 Å². The van der Waals surface area contributed by atoms with Gasteiger partial charge in [-0.3, -0.25) is 14.4 Å². The molecule has 1 atom stereocenters. The summed E-state index contributed by atoms with van der Waals surface area (Å²) >= 11 is 0. The molecule has 1 aliphatic rings. The molecule has 1 N–H and O–H groups in total. The second-order valence-corrected chi connectivity index (χ2v) is 7.46. The van der Waals surface area contributed by atoms with Crippen LogP contribution in [0.1, 0.15) is 26.2 Å². The number of Topliss-reactive ketones (excluding diaryl/α,β-unsaturated/α-hetero) is 1. The fourth-order valence-corrected chi connectivity index (χ4v) is 3.72. The molecular formula is C19H26N8O. The van der Waals surface area contributed by atoms with Crippen LogP contribution < -0.4 is 5.32 Å². The number of fused-ring (bicyclic) bond motifs is 1. The first-order valence-corrected chi connectivity index (χ1v) is 9.79. The topological polar surface area (TPSA) is 93.8 Å². The van der Waals surface area contributed by atoms with Crippen molar-refractivity contribution in [2.75, 3.05) is 25.0 Å². The van der Waals surface area contributed by atoms with Crippen LogP contribution >= 0.6 is 0 Å². The van der Waals surface area contributed by atoms with Crippen LogP contribution in [-0.4, -0.2) is 59.8 Å². The molecule has 0 spiro atoms. The third-order valence-electron chi connectivity index (χ3n) is 5.17. The molecule has 0 aromatic carbocycles. The highest BCUT2D eigenvalue weighted by Gasteiger charge is 2.22. The molecule has 4 rings (SSSR count). The lowest BCUT2D eigenvalue weighted by Gasteiger charge is -2.32. The van der Waals surface area contributed by atoms with Gasteiger partial charge in [0.15, 0.2) is 5.65 Å². The minimum atomic E-state index is 0.309. The third-order valence-corrected chi connectivity index (χ3v) is 5.17. The first kappa shape index (κ1) is 18.5. The molecular weight excluding hydrogens is 356 g/mol. The van der Waals surface area contributed by atoms with E-state index in [0.717, 1.165) is 49.2 Å². The van der Waals surface area contributed by atoms with Gasteiger partial charge in [-0.15, -0.1) is 0 Å². The molecule has 9 heteroatoms. The summed E-state index contributed by atoms with van der Waals surface area (Å²) < 4.78 is 3.68. The van der Waals surface area contributed by atoms with Crippen LogP contribution in [0, 0.1) is 5.92 Å². The van der Waals surface area contributed by atoms with Crippen LogP contribution in [0.25, 0.3) is 11.0 Å². The monoisotopic (exact) mass is 382 g/mol. The van der Waals surface area contributed by atoms with Gasteiger partial charge in [-0.1, -0.05) is 6.92 Å². The standard InChI is InChI=1S/C19H26N8O/c1-3-17(28)13-26-6-4-5-14(10-26)11-27-18-15(8-22-27)7-20-19(24-18)23-16-9-21-25(2)12-16/h7-9,12,14H,3-6,10-11,13H2,1-2H3,(H,20,23,24). The van der Waals surface area contributed by atoms with Gasteiger partial charge in [-0.05, 0) is 25.3 Å². The van der Waals surface area contributed by atoms with E-state index in [-0.39, 0.29) is 0 Å². The maximum absolute atomic E-state index is 11.8. The number of ketones is 1. The molecule has 1 unspecified atom stereocenters.